The van der Waals surface area contributed by atoms with Crippen molar-refractivity contribution in [2.45, 2.75) is 6.92 Å². The number of halogens is 1. The second kappa shape index (κ2) is 6.68. The fraction of sp³-hybridized carbons (Fsp3) is 0.0909. The summed E-state index contributed by atoms with van der Waals surface area (Å²) in [7, 11) is 1.53. The van der Waals surface area contributed by atoms with Crippen LogP contribution >= 0.6 is 0 Å². The SMILES string of the molecule is CNC(=O)c1cc(F)c(C)c(-c2ccc3c(cnn3-c3ccccc3)c2)c1. The highest BCUT2D eigenvalue weighted by Gasteiger charge is 2.14. The fourth-order valence-corrected chi connectivity index (χ4v) is 3.23. The number of carbonyl (C=O) groups is 1. The van der Waals surface area contributed by atoms with E-state index in [1.165, 1.54) is 13.1 Å². The Labute approximate surface area is 156 Å². The molecule has 0 unspecified atom stereocenters. The molecule has 0 atom stereocenters. The van der Waals surface area contributed by atoms with Gasteiger partial charge in [-0.2, -0.15) is 5.10 Å². The number of nitrogens with one attached hydrogen (secondary N) is 1. The third kappa shape index (κ3) is 2.97. The minimum absolute atomic E-state index is 0.302. The topological polar surface area (TPSA) is 46.9 Å². The molecule has 0 spiro atoms. The van der Waals surface area contributed by atoms with Gasteiger partial charge in [0.05, 0.1) is 17.4 Å². The van der Waals surface area contributed by atoms with Gasteiger partial charge in [-0.05, 0) is 60.0 Å². The molecule has 0 bridgehead atoms. The Bertz CT molecular complexity index is 1150. The number of para-hydroxylation sites is 1. The van der Waals surface area contributed by atoms with Gasteiger partial charge in [-0.1, -0.05) is 24.3 Å². The summed E-state index contributed by atoms with van der Waals surface area (Å²) in [6.07, 6.45) is 1.79. The minimum atomic E-state index is -0.397. The van der Waals surface area contributed by atoms with Gasteiger partial charge in [0.15, 0.2) is 0 Å². The minimum Gasteiger partial charge on any atom is -0.355 e. The largest absolute Gasteiger partial charge is 0.355 e. The van der Waals surface area contributed by atoms with E-state index >= 15 is 0 Å². The van der Waals surface area contributed by atoms with E-state index in [0.717, 1.165) is 22.2 Å². The summed E-state index contributed by atoms with van der Waals surface area (Å²) in [6, 6.07) is 18.7. The zero-order valence-corrected chi connectivity index (χ0v) is 15.0. The molecule has 1 heterocycles. The lowest BCUT2D eigenvalue weighted by Gasteiger charge is -2.11. The lowest BCUT2D eigenvalue weighted by Crippen LogP contribution is -2.18. The maximum Gasteiger partial charge on any atom is 0.251 e. The second-order valence-electron chi connectivity index (χ2n) is 6.38. The van der Waals surface area contributed by atoms with E-state index in [9.17, 15) is 9.18 Å². The predicted molar refractivity (Wildman–Crippen MR) is 105 cm³/mol. The Balaban J connectivity index is 1.84. The van der Waals surface area contributed by atoms with Crippen molar-refractivity contribution < 1.29 is 9.18 Å². The highest BCUT2D eigenvalue weighted by Crippen LogP contribution is 2.30. The van der Waals surface area contributed by atoms with Crippen LogP contribution in [0.1, 0.15) is 15.9 Å². The van der Waals surface area contributed by atoms with Crippen molar-refractivity contribution in [3.8, 4) is 16.8 Å². The van der Waals surface area contributed by atoms with Crippen molar-refractivity contribution in [1.29, 1.82) is 0 Å². The molecule has 4 aromatic rings. The third-order valence-corrected chi connectivity index (χ3v) is 4.71. The molecule has 0 aliphatic heterocycles. The van der Waals surface area contributed by atoms with Crippen LogP contribution in [0.4, 0.5) is 4.39 Å². The fourth-order valence-electron chi connectivity index (χ4n) is 3.23. The van der Waals surface area contributed by atoms with E-state index in [0.29, 0.717) is 16.7 Å². The number of nitrogens with zero attached hydrogens (tertiary/aromatic N) is 2. The van der Waals surface area contributed by atoms with Gasteiger partial charge in [0.1, 0.15) is 5.82 Å². The molecule has 0 saturated carbocycles. The van der Waals surface area contributed by atoms with Crippen molar-refractivity contribution in [3.63, 3.8) is 0 Å². The van der Waals surface area contributed by atoms with Gasteiger partial charge in [0.25, 0.3) is 5.91 Å². The number of carbonyl (C=O) groups excluding carboxylic acids is 1. The lowest BCUT2D eigenvalue weighted by molar-refractivity contribution is 0.0962. The van der Waals surface area contributed by atoms with Crippen molar-refractivity contribution in [3.05, 3.63) is 83.8 Å². The van der Waals surface area contributed by atoms with Gasteiger partial charge in [0, 0.05) is 18.0 Å². The number of aromatic nitrogens is 2. The second-order valence-corrected chi connectivity index (χ2v) is 6.38. The monoisotopic (exact) mass is 359 g/mol. The first-order chi connectivity index (χ1) is 13.1. The van der Waals surface area contributed by atoms with E-state index in [4.69, 9.17) is 0 Å². The molecule has 1 N–H and O–H groups in total. The van der Waals surface area contributed by atoms with Crippen molar-refractivity contribution >= 4 is 16.8 Å². The smallest absolute Gasteiger partial charge is 0.251 e. The number of rotatable bonds is 3. The lowest BCUT2D eigenvalue weighted by atomic mass is 9.96. The van der Waals surface area contributed by atoms with Gasteiger partial charge in [-0.15, -0.1) is 0 Å². The summed E-state index contributed by atoms with van der Waals surface area (Å²) in [5.74, 6) is -0.709. The molecule has 0 radical (unpaired) electrons. The quantitative estimate of drug-likeness (QED) is 0.585. The first-order valence-electron chi connectivity index (χ1n) is 8.64. The summed E-state index contributed by atoms with van der Waals surface area (Å²) in [4.78, 5) is 11.9. The van der Waals surface area contributed by atoms with Crippen LogP contribution in [0.15, 0.2) is 66.9 Å². The summed E-state index contributed by atoms with van der Waals surface area (Å²) in [5.41, 5.74) is 4.29. The number of hydrogen-bond acceptors (Lipinski definition) is 2. The van der Waals surface area contributed by atoms with E-state index in [-0.39, 0.29) is 5.91 Å². The Morgan fingerprint density at radius 2 is 1.85 bits per heavy atom. The maximum absolute atomic E-state index is 14.4. The van der Waals surface area contributed by atoms with Crippen LogP contribution in [0.5, 0.6) is 0 Å². The highest BCUT2D eigenvalue weighted by atomic mass is 19.1. The Morgan fingerprint density at radius 1 is 1.07 bits per heavy atom. The average molecular weight is 359 g/mol. The zero-order chi connectivity index (χ0) is 19.0. The predicted octanol–water partition coefficient (Wildman–Crippen LogP) is 4.50. The number of benzene rings is 3. The Hall–Kier alpha value is -3.47. The van der Waals surface area contributed by atoms with Gasteiger partial charge in [0.2, 0.25) is 0 Å². The molecule has 4 rings (SSSR count). The van der Waals surface area contributed by atoms with E-state index in [1.54, 1.807) is 19.2 Å². The molecule has 0 aliphatic rings. The Kier molecular flexibility index (Phi) is 4.20. The van der Waals surface area contributed by atoms with Crippen LogP contribution in [-0.4, -0.2) is 22.7 Å². The summed E-state index contributed by atoms with van der Waals surface area (Å²) < 4.78 is 16.2. The van der Waals surface area contributed by atoms with Crippen molar-refractivity contribution in [2.75, 3.05) is 7.05 Å². The van der Waals surface area contributed by atoms with Gasteiger partial charge in [-0.3, -0.25) is 4.79 Å². The molecule has 134 valence electrons. The van der Waals surface area contributed by atoms with Gasteiger partial charge < -0.3 is 5.32 Å². The normalized spacial score (nSPS) is 10.9. The summed E-state index contributed by atoms with van der Waals surface area (Å²) in [5, 5.41) is 7.96. The first-order valence-corrected chi connectivity index (χ1v) is 8.64. The number of hydrogen-bond donors (Lipinski definition) is 1. The molecular formula is C22H18FN3O. The third-order valence-electron chi connectivity index (χ3n) is 4.71. The van der Waals surface area contributed by atoms with Gasteiger partial charge in [-0.25, -0.2) is 9.07 Å². The molecule has 27 heavy (non-hydrogen) atoms. The highest BCUT2D eigenvalue weighted by molar-refractivity contribution is 5.96. The summed E-state index contributed by atoms with van der Waals surface area (Å²) >= 11 is 0. The van der Waals surface area contributed by atoms with E-state index in [2.05, 4.69) is 10.4 Å². The van der Waals surface area contributed by atoms with E-state index < -0.39 is 5.82 Å². The van der Waals surface area contributed by atoms with E-state index in [1.807, 2.05) is 53.2 Å². The van der Waals surface area contributed by atoms with Crippen LogP contribution < -0.4 is 5.32 Å². The molecule has 0 saturated heterocycles. The van der Waals surface area contributed by atoms with Crippen molar-refractivity contribution in [2.24, 2.45) is 0 Å². The molecule has 4 nitrogen and oxygen atoms in total. The van der Waals surface area contributed by atoms with Gasteiger partial charge >= 0.3 is 0 Å². The first kappa shape index (κ1) is 17.0. The average Bonchev–Trinajstić information content (AvgIpc) is 3.13. The number of amides is 1. The molecule has 0 aliphatic carbocycles. The van der Waals surface area contributed by atoms with Crippen LogP contribution in [0.2, 0.25) is 0 Å². The molecule has 1 amide bonds. The van der Waals surface area contributed by atoms with Crippen LogP contribution in [-0.2, 0) is 0 Å². The Morgan fingerprint density at radius 3 is 2.59 bits per heavy atom. The van der Waals surface area contributed by atoms with Crippen LogP contribution in [0.3, 0.4) is 0 Å². The molecule has 0 fully saturated rings. The zero-order valence-electron chi connectivity index (χ0n) is 15.0. The molecule has 5 heteroatoms. The standard InChI is InChI=1S/C22H18FN3O/c1-14-19(11-16(12-20(14)23)22(27)24-2)15-8-9-21-17(10-15)13-25-26(21)18-6-4-3-5-7-18/h3-13H,1-2H3,(H,24,27). The number of fused-ring (bicyclic) bond motifs is 1. The van der Waals surface area contributed by atoms with Crippen LogP contribution in [0.25, 0.3) is 27.7 Å². The summed E-state index contributed by atoms with van der Waals surface area (Å²) in [6.45, 7) is 1.72. The molecular weight excluding hydrogens is 341 g/mol. The maximum atomic E-state index is 14.4. The van der Waals surface area contributed by atoms with Crippen LogP contribution in [0, 0.1) is 12.7 Å². The molecule has 1 aromatic heterocycles. The molecule has 3 aromatic carbocycles. The van der Waals surface area contributed by atoms with Crippen molar-refractivity contribution in [1.82, 2.24) is 15.1 Å².